The van der Waals surface area contributed by atoms with Crippen LogP contribution in [0, 0.1) is 0 Å². The SMILES string of the molecule is CCCCCCCC/C=C\CCCCCCCCCC(=O)OCCCCCC/C=C\CCCC(=O)NC(CO)C(O)CCCCCCCCCCCCCCCCCCCCCCCCCC. The van der Waals surface area contributed by atoms with Crippen molar-refractivity contribution in [2.75, 3.05) is 13.2 Å². The van der Waals surface area contributed by atoms with E-state index in [4.69, 9.17) is 4.74 Å². The van der Waals surface area contributed by atoms with Crippen LogP contribution in [0.25, 0.3) is 0 Å². The lowest BCUT2D eigenvalue weighted by Crippen LogP contribution is -2.45. The second kappa shape index (κ2) is 56.9. The minimum Gasteiger partial charge on any atom is -0.466 e. The van der Waals surface area contributed by atoms with Gasteiger partial charge in [-0.15, -0.1) is 0 Å². The third kappa shape index (κ3) is 53.5. The first kappa shape index (κ1) is 65.3. The number of ether oxygens (including phenoxy) is 1. The lowest BCUT2D eigenvalue weighted by Gasteiger charge is -2.22. The Kier molecular flexibility index (Phi) is 55.5. The molecule has 0 aliphatic carbocycles. The average Bonchev–Trinajstić information content (AvgIpc) is 3.33. The van der Waals surface area contributed by atoms with Crippen LogP contribution in [-0.2, 0) is 14.3 Å². The zero-order valence-corrected chi connectivity index (χ0v) is 45.1. The maximum absolute atomic E-state index is 12.5. The van der Waals surface area contributed by atoms with E-state index in [2.05, 4.69) is 43.5 Å². The van der Waals surface area contributed by atoms with Gasteiger partial charge in [-0.25, -0.2) is 0 Å². The van der Waals surface area contributed by atoms with Crippen LogP contribution in [-0.4, -0.2) is 47.4 Å². The number of aliphatic hydroxyl groups is 2. The van der Waals surface area contributed by atoms with Crippen LogP contribution in [0.1, 0.15) is 328 Å². The molecule has 0 aromatic carbocycles. The molecule has 0 saturated heterocycles. The second-order valence-corrected chi connectivity index (χ2v) is 20.7. The van der Waals surface area contributed by atoms with Gasteiger partial charge in [-0.2, -0.15) is 0 Å². The van der Waals surface area contributed by atoms with Crippen molar-refractivity contribution in [2.45, 2.75) is 341 Å². The van der Waals surface area contributed by atoms with Crippen molar-refractivity contribution in [1.29, 1.82) is 0 Å². The van der Waals surface area contributed by atoms with Crippen molar-refractivity contribution in [3.05, 3.63) is 24.3 Å². The van der Waals surface area contributed by atoms with Gasteiger partial charge in [0, 0.05) is 12.8 Å². The summed E-state index contributed by atoms with van der Waals surface area (Å²) in [5.41, 5.74) is 0. The molecule has 0 heterocycles. The van der Waals surface area contributed by atoms with E-state index in [-0.39, 0.29) is 18.5 Å². The smallest absolute Gasteiger partial charge is 0.305 e. The van der Waals surface area contributed by atoms with Gasteiger partial charge in [-0.1, -0.05) is 269 Å². The van der Waals surface area contributed by atoms with E-state index in [1.54, 1.807) is 0 Å². The van der Waals surface area contributed by atoms with Crippen LogP contribution in [0.5, 0.6) is 0 Å². The van der Waals surface area contributed by atoms with E-state index in [0.717, 1.165) is 70.6 Å². The Bertz CT molecular complexity index is 1040. The van der Waals surface area contributed by atoms with Crippen LogP contribution < -0.4 is 5.32 Å². The zero-order chi connectivity index (χ0) is 48.6. The molecule has 0 rings (SSSR count). The van der Waals surface area contributed by atoms with Crippen LogP contribution in [0.3, 0.4) is 0 Å². The fraction of sp³-hybridized carbons (Fsp3) is 0.902. The summed E-state index contributed by atoms with van der Waals surface area (Å²) in [6.07, 6.45) is 69.0. The molecule has 1 amide bonds. The normalized spacial score (nSPS) is 12.7. The van der Waals surface area contributed by atoms with E-state index in [1.165, 1.54) is 225 Å². The summed E-state index contributed by atoms with van der Waals surface area (Å²) in [6, 6.07) is -0.580. The molecule has 0 spiro atoms. The van der Waals surface area contributed by atoms with E-state index < -0.39 is 12.1 Å². The number of carbonyl (C=O) groups is 2. The van der Waals surface area contributed by atoms with Crippen molar-refractivity contribution in [1.82, 2.24) is 5.32 Å². The van der Waals surface area contributed by atoms with E-state index >= 15 is 0 Å². The van der Waals surface area contributed by atoms with E-state index in [9.17, 15) is 19.8 Å². The molecule has 0 aliphatic rings. The summed E-state index contributed by atoms with van der Waals surface area (Å²) >= 11 is 0. The quantitative estimate of drug-likeness (QED) is 0.0321. The third-order valence-electron chi connectivity index (χ3n) is 14.0. The molecule has 2 unspecified atom stereocenters. The molecule has 67 heavy (non-hydrogen) atoms. The Morgan fingerprint density at radius 2 is 0.716 bits per heavy atom. The van der Waals surface area contributed by atoms with Crippen molar-refractivity contribution < 1.29 is 24.5 Å². The molecule has 0 radical (unpaired) electrons. The maximum atomic E-state index is 12.5. The number of rotatable bonds is 56. The highest BCUT2D eigenvalue weighted by atomic mass is 16.5. The zero-order valence-electron chi connectivity index (χ0n) is 45.1. The minimum atomic E-state index is -0.697. The molecule has 0 aromatic heterocycles. The van der Waals surface area contributed by atoms with Crippen LogP contribution >= 0.6 is 0 Å². The number of hydrogen-bond donors (Lipinski definition) is 3. The Hall–Kier alpha value is -1.66. The monoisotopic (exact) mass is 944 g/mol. The number of allylic oxidation sites excluding steroid dienone is 4. The summed E-state index contributed by atoms with van der Waals surface area (Å²) in [5, 5.41) is 23.3. The summed E-state index contributed by atoms with van der Waals surface area (Å²) in [4.78, 5) is 24.6. The first-order valence-electron chi connectivity index (χ1n) is 30.1. The van der Waals surface area contributed by atoms with Gasteiger partial charge in [0.25, 0.3) is 0 Å². The lowest BCUT2D eigenvalue weighted by molar-refractivity contribution is -0.143. The molecule has 0 aromatic rings. The molecular formula is C61H117NO5. The highest BCUT2D eigenvalue weighted by Gasteiger charge is 2.20. The standard InChI is InChI=1S/C61H117NO5/c1-3-5-7-9-11-13-15-17-19-21-22-23-24-25-26-27-29-30-32-34-37-41-45-49-53-59(64)58(57-63)62-60(65)54-50-46-42-38-36-40-44-48-52-56-67-61(66)55-51-47-43-39-35-33-31-28-20-18-16-14-12-10-8-6-4-2/h18,20,38,42,58-59,63-64H,3-17,19,21-37,39-41,43-57H2,1-2H3,(H,62,65)/b20-18-,42-38-. The Balaban J connectivity index is 3.50. The molecule has 6 nitrogen and oxygen atoms in total. The van der Waals surface area contributed by atoms with Crippen LogP contribution in [0.15, 0.2) is 24.3 Å². The van der Waals surface area contributed by atoms with Gasteiger partial charge in [-0.3, -0.25) is 9.59 Å². The highest BCUT2D eigenvalue weighted by molar-refractivity contribution is 5.76. The number of amides is 1. The maximum Gasteiger partial charge on any atom is 0.305 e. The fourth-order valence-electron chi connectivity index (χ4n) is 9.35. The third-order valence-corrected chi connectivity index (χ3v) is 14.0. The molecular weight excluding hydrogens is 827 g/mol. The molecule has 396 valence electrons. The summed E-state index contributed by atoms with van der Waals surface area (Å²) in [6.45, 7) is 4.88. The van der Waals surface area contributed by atoms with E-state index in [1.807, 2.05) is 0 Å². The van der Waals surface area contributed by atoms with E-state index in [0.29, 0.717) is 25.9 Å². The Morgan fingerprint density at radius 3 is 1.09 bits per heavy atom. The Labute approximate surface area is 418 Å². The van der Waals surface area contributed by atoms with Gasteiger partial charge < -0.3 is 20.3 Å². The second-order valence-electron chi connectivity index (χ2n) is 20.7. The first-order chi connectivity index (χ1) is 33.0. The van der Waals surface area contributed by atoms with Gasteiger partial charge in [0.15, 0.2) is 0 Å². The average molecular weight is 945 g/mol. The summed E-state index contributed by atoms with van der Waals surface area (Å²) < 4.78 is 5.46. The van der Waals surface area contributed by atoms with Crippen molar-refractivity contribution in [3.63, 3.8) is 0 Å². The number of hydrogen-bond acceptors (Lipinski definition) is 5. The topological polar surface area (TPSA) is 95.9 Å². The Morgan fingerprint density at radius 1 is 0.403 bits per heavy atom. The van der Waals surface area contributed by atoms with Gasteiger partial charge in [0.2, 0.25) is 5.91 Å². The lowest BCUT2D eigenvalue weighted by atomic mass is 10.0. The number of aliphatic hydroxyl groups excluding tert-OH is 2. The van der Waals surface area contributed by atoms with Crippen molar-refractivity contribution >= 4 is 11.9 Å². The fourth-order valence-corrected chi connectivity index (χ4v) is 9.35. The largest absolute Gasteiger partial charge is 0.466 e. The number of nitrogens with one attached hydrogen (secondary N) is 1. The van der Waals surface area contributed by atoms with Gasteiger partial charge in [0.1, 0.15) is 0 Å². The van der Waals surface area contributed by atoms with Gasteiger partial charge in [-0.05, 0) is 70.6 Å². The molecule has 2 atom stereocenters. The minimum absolute atomic E-state index is 0.0379. The van der Waals surface area contributed by atoms with Crippen molar-refractivity contribution in [3.8, 4) is 0 Å². The number of unbranched alkanes of at least 4 members (excludes halogenated alkanes) is 41. The molecule has 3 N–H and O–H groups in total. The molecule has 0 saturated carbocycles. The van der Waals surface area contributed by atoms with Crippen LogP contribution in [0.4, 0.5) is 0 Å². The summed E-state index contributed by atoms with van der Waals surface area (Å²) in [7, 11) is 0. The molecule has 6 heteroatoms. The van der Waals surface area contributed by atoms with Gasteiger partial charge >= 0.3 is 5.97 Å². The van der Waals surface area contributed by atoms with Crippen LogP contribution in [0.2, 0.25) is 0 Å². The molecule has 0 fully saturated rings. The predicted octanol–water partition coefficient (Wildman–Crippen LogP) is 18.6. The first-order valence-corrected chi connectivity index (χ1v) is 30.1. The molecule has 0 bridgehead atoms. The number of esters is 1. The summed E-state index contributed by atoms with van der Waals surface area (Å²) in [5.74, 6) is -0.130. The predicted molar refractivity (Wildman–Crippen MR) is 292 cm³/mol. The highest BCUT2D eigenvalue weighted by Crippen LogP contribution is 2.17. The molecule has 0 aliphatic heterocycles. The van der Waals surface area contributed by atoms with Gasteiger partial charge in [0.05, 0.1) is 25.4 Å². The van der Waals surface area contributed by atoms with Crippen molar-refractivity contribution in [2.24, 2.45) is 0 Å². The number of carbonyl (C=O) groups excluding carboxylic acids is 2.